The van der Waals surface area contributed by atoms with Gasteiger partial charge >= 0.3 is 0 Å². The fourth-order valence-corrected chi connectivity index (χ4v) is 5.19. The van der Waals surface area contributed by atoms with E-state index in [2.05, 4.69) is 38.5 Å². The van der Waals surface area contributed by atoms with Crippen LogP contribution in [0.4, 0.5) is 22.9 Å². The number of nitrogens with zero attached hydrogens (tertiary/aromatic N) is 4. The molecule has 0 radical (unpaired) electrons. The molecule has 3 aliphatic heterocycles. The number of ether oxygens (including phenoxy) is 1. The molecule has 6 rings (SSSR count). The molecule has 0 unspecified atom stereocenters. The average Bonchev–Trinajstić information content (AvgIpc) is 3.44. The van der Waals surface area contributed by atoms with Crippen LogP contribution in [0.5, 0.6) is 5.88 Å². The summed E-state index contributed by atoms with van der Waals surface area (Å²) in [6, 6.07) is 9.83. The number of rotatable bonds is 4. The van der Waals surface area contributed by atoms with E-state index in [1.165, 1.54) is 16.7 Å². The predicted molar refractivity (Wildman–Crippen MR) is 137 cm³/mol. The van der Waals surface area contributed by atoms with Crippen LogP contribution >= 0.6 is 0 Å². The molecule has 0 bridgehead atoms. The van der Waals surface area contributed by atoms with Crippen LogP contribution < -0.4 is 20.3 Å². The highest BCUT2D eigenvalue weighted by atomic mass is 16.5. The molecule has 0 atom stereocenters. The van der Waals surface area contributed by atoms with Crippen molar-refractivity contribution >= 4 is 28.8 Å². The number of fused-ring (bicyclic) bond motifs is 2. The van der Waals surface area contributed by atoms with Crippen LogP contribution in [0, 0.1) is 6.92 Å². The zero-order valence-electron chi connectivity index (χ0n) is 20.0. The number of aromatic nitrogens is 2. The van der Waals surface area contributed by atoms with E-state index in [4.69, 9.17) is 4.74 Å². The molecule has 180 valence electrons. The van der Waals surface area contributed by atoms with Crippen molar-refractivity contribution in [1.29, 1.82) is 0 Å². The summed E-state index contributed by atoms with van der Waals surface area (Å²) in [5.41, 5.74) is 7.51. The van der Waals surface area contributed by atoms with Gasteiger partial charge < -0.3 is 25.2 Å². The monoisotopic (exact) mass is 470 g/mol. The number of amides is 1. The fourth-order valence-electron chi connectivity index (χ4n) is 5.19. The lowest BCUT2D eigenvalue weighted by atomic mass is 10.0. The third-order valence-electron chi connectivity index (χ3n) is 7.15. The Kier molecular flexibility index (Phi) is 5.64. The van der Waals surface area contributed by atoms with Gasteiger partial charge in [0.25, 0.3) is 5.91 Å². The van der Waals surface area contributed by atoms with Gasteiger partial charge in [-0.2, -0.15) is 0 Å². The zero-order chi connectivity index (χ0) is 23.8. The third-order valence-corrected chi connectivity index (χ3v) is 7.15. The SMILES string of the molecule is Cc1c(N2CCc3cnc(Nc4ccc(C(=O)N5CCCC5)cc4)cc3C2)cnc2c1NCCO2. The molecular formula is C27H30N6O2. The number of carbonyl (C=O) groups excluding carboxylic acids is 1. The maximum Gasteiger partial charge on any atom is 0.253 e. The van der Waals surface area contributed by atoms with E-state index in [0.717, 1.165) is 80.4 Å². The van der Waals surface area contributed by atoms with E-state index >= 15 is 0 Å². The van der Waals surface area contributed by atoms with Crippen LogP contribution in [-0.2, 0) is 13.0 Å². The summed E-state index contributed by atoms with van der Waals surface area (Å²) in [7, 11) is 0. The molecule has 2 aromatic heterocycles. The van der Waals surface area contributed by atoms with Crippen LogP contribution in [-0.4, -0.2) is 53.6 Å². The molecule has 1 aromatic carbocycles. The van der Waals surface area contributed by atoms with Crippen LogP contribution in [0.2, 0.25) is 0 Å². The Hall–Kier alpha value is -3.81. The number of hydrogen-bond acceptors (Lipinski definition) is 7. The van der Waals surface area contributed by atoms with E-state index in [1.54, 1.807) is 0 Å². The van der Waals surface area contributed by atoms with Crippen molar-refractivity contribution in [2.24, 2.45) is 0 Å². The molecule has 3 aromatic rings. The Balaban J connectivity index is 1.17. The fraction of sp³-hybridized carbons (Fsp3) is 0.370. The second-order valence-electron chi connectivity index (χ2n) is 9.44. The van der Waals surface area contributed by atoms with Crippen molar-refractivity contribution in [3.63, 3.8) is 0 Å². The van der Waals surface area contributed by atoms with E-state index in [-0.39, 0.29) is 5.91 Å². The van der Waals surface area contributed by atoms with E-state index < -0.39 is 0 Å². The summed E-state index contributed by atoms with van der Waals surface area (Å²) < 4.78 is 5.69. The van der Waals surface area contributed by atoms with Gasteiger partial charge in [0, 0.05) is 55.7 Å². The Morgan fingerprint density at radius 3 is 2.71 bits per heavy atom. The lowest BCUT2D eigenvalue weighted by Gasteiger charge is -2.33. The number of likely N-dealkylation sites (tertiary alicyclic amines) is 1. The summed E-state index contributed by atoms with van der Waals surface area (Å²) in [5, 5.41) is 6.84. The van der Waals surface area contributed by atoms with E-state index in [1.807, 2.05) is 41.6 Å². The van der Waals surface area contributed by atoms with Crippen molar-refractivity contribution in [2.45, 2.75) is 32.7 Å². The maximum atomic E-state index is 12.6. The lowest BCUT2D eigenvalue weighted by molar-refractivity contribution is 0.0793. The summed E-state index contributed by atoms with van der Waals surface area (Å²) >= 11 is 0. The molecule has 1 saturated heterocycles. The lowest BCUT2D eigenvalue weighted by Crippen LogP contribution is -2.32. The van der Waals surface area contributed by atoms with Crippen LogP contribution in [0.25, 0.3) is 0 Å². The molecule has 0 saturated carbocycles. The molecule has 3 aliphatic rings. The minimum absolute atomic E-state index is 0.120. The number of nitrogens with one attached hydrogen (secondary N) is 2. The first-order valence-corrected chi connectivity index (χ1v) is 12.4. The number of pyridine rings is 2. The summed E-state index contributed by atoms with van der Waals surface area (Å²) in [6.07, 6.45) is 7.04. The van der Waals surface area contributed by atoms with E-state index in [0.29, 0.717) is 12.5 Å². The van der Waals surface area contributed by atoms with Gasteiger partial charge in [0.15, 0.2) is 0 Å². The van der Waals surface area contributed by atoms with Crippen molar-refractivity contribution in [1.82, 2.24) is 14.9 Å². The van der Waals surface area contributed by atoms with Gasteiger partial charge in [0.05, 0.1) is 11.9 Å². The molecule has 2 N–H and O–H groups in total. The molecular weight excluding hydrogens is 440 g/mol. The van der Waals surface area contributed by atoms with Gasteiger partial charge in [-0.1, -0.05) is 0 Å². The molecule has 1 fully saturated rings. The number of hydrogen-bond donors (Lipinski definition) is 2. The van der Waals surface area contributed by atoms with Crippen LogP contribution in [0.15, 0.2) is 42.7 Å². The average molecular weight is 471 g/mol. The van der Waals surface area contributed by atoms with Crippen molar-refractivity contribution in [3.05, 3.63) is 65.0 Å². The van der Waals surface area contributed by atoms with Crippen molar-refractivity contribution in [3.8, 4) is 5.88 Å². The molecule has 35 heavy (non-hydrogen) atoms. The topological polar surface area (TPSA) is 82.6 Å². The Morgan fingerprint density at radius 2 is 1.89 bits per heavy atom. The minimum atomic E-state index is 0.120. The highest BCUT2D eigenvalue weighted by molar-refractivity contribution is 5.94. The molecule has 5 heterocycles. The van der Waals surface area contributed by atoms with Crippen LogP contribution in [0.3, 0.4) is 0 Å². The number of benzene rings is 1. The molecule has 0 spiro atoms. The first-order chi connectivity index (χ1) is 17.2. The first kappa shape index (κ1) is 21.7. The number of carbonyl (C=O) groups is 1. The number of anilines is 4. The second-order valence-corrected chi connectivity index (χ2v) is 9.44. The van der Waals surface area contributed by atoms with Crippen LogP contribution in [0.1, 0.15) is 39.9 Å². The zero-order valence-corrected chi connectivity index (χ0v) is 20.0. The molecule has 1 amide bonds. The van der Waals surface area contributed by atoms with Crippen molar-refractivity contribution in [2.75, 3.05) is 48.3 Å². The predicted octanol–water partition coefficient (Wildman–Crippen LogP) is 4.13. The Bertz CT molecular complexity index is 1250. The molecule has 8 nitrogen and oxygen atoms in total. The van der Waals surface area contributed by atoms with Gasteiger partial charge in [0.1, 0.15) is 18.1 Å². The highest BCUT2D eigenvalue weighted by Crippen LogP contribution is 2.36. The maximum absolute atomic E-state index is 12.6. The standard InChI is InChI=1S/C27H30N6O2/c1-18-23(16-30-26-25(18)28-9-13-35-26)33-12-8-20-15-29-24(14-21(20)17-33)31-22-6-4-19(5-7-22)27(34)32-10-2-3-11-32/h4-7,14-16,28H,2-3,8-13,17H2,1H3,(H,29,31). The summed E-state index contributed by atoms with van der Waals surface area (Å²) in [4.78, 5) is 26.1. The normalized spacial score (nSPS) is 16.7. The molecule has 0 aliphatic carbocycles. The second kappa shape index (κ2) is 9.09. The first-order valence-electron chi connectivity index (χ1n) is 12.4. The summed E-state index contributed by atoms with van der Waals surface area (Å²) in [5.74, 6) is 1.62. The largest absolute Gasteiger partial charge is 0.474 e. The van der Waals surface area contributed by atoms with Gasteiger partial charge in [-0.15, -0.1) is 0 Å². The minimum Gasteiger partial charge on any atom is -0.474 e. The van der Waals surface area contributed by atoms with Gasteiger partial charge in [-0.3, -0.25) is 4.79 Å². The van der Waals surface area contributed by atoms with Gasteiger partial charge in [-0.05, 0) is 67.6 Å². The van der Waals surface area contributed by atoms with Crippen molar-refractivity contribution < 1.29 is 9.53 Å². The molecule has 8 heteroatoms. The smallest absolute Gasteiger partial charge is 0.253 e. The third kappa shape index (κ3) is 4.24. The highest BCUT2D eigenvalue weighted by Gasteiger charge is 2.23. The van der Waals surface area contributed by atoms with Gasteiger partial charge in [0.2, 0.25) is 5.88 Å². The Labute approximate surface area is 205 Å². The van der Waals surface area contributed by atoms with Gasteiger partial charge in [-0.25, -0.2) is 9.97 Å². The Morgan fingerprint density at radius 1 is 1.06 bits per heavy atom. The quantitative estimate of drug-likeness (QED) is 0.593. The summed E-state index contributed by atoms with van der Waals surface area (Å²) in [6.45, 7) is 7.03. The van der Waals surface area contributed by atoms with E-state index in [9.17, 15) is 4.79 Å².